The van der Waals surface area contributed by atoms with E-state index in [1.54, 1.807) is 6.20 Å². The first kappa shape index (κ1) is 12.0. The fourth-order valence-electron chi connectivity index (χ4n) is 2.17. The maximum Gasteiger partial charge on any atom is 0.238 e. The molecule has 4 heteroatoms. The van der Waals surface area contributed by atoms with Gasteiger partial charge >= 0.3 is 0 Å². The molecule has 1 aromatic rings. The Labute approximate surface area is 101 Å². The van der Waals surface area contributed by atoms with E-state index in [2.05, 4.69) is 4.99 Å². The molecule has 17 heavy (non-hydrogen) atoms. The van der Waals surface area contributed by atoms with Gasteiger partial charge in [-0.15, -0.1) is 0 Å². The van der Waals surface area contributed by atoms with E-state index < -0.39 is 0 Å². The van der Waals surface area contributed by atoms with Gasteiger partial charge in [0.1, 0.15) is 18.5 Å². The third kappa shape index (κ3) is 2.15. The normalized spacial score (nSPS) is 22.8. The molecule has 2 N–H and O–H groups in total. The molecule has 0 aliphatic carbocycles. The lowest BCUT2D eigenvalue weighted by molar-refractivity contribution is 0.274. The summed E-state index contributed by atoms with van der Waals surface area (Å²) >= 11 is 0. The Balaban J connectivity index is 2.38. The van der Waals surface area contributed by atoms with Gasteiger partial charge in [0.15, 0.2) is 0 Å². The van der Waals surface area contributed by atoms with Crippen LogP contribution in [0.15, 0.2) is 47.7 Å². The summed E-state index contributed by atoms with van der Waals surface area (Å²) in [5.74, 6) is 0.699. The van der Waals surface area contributed by atoms with Crippen molar-refractivity contribution >= 4 is 11.5 Å². The van der Waals surface area contributed by atoms with Gasteiger partial charge in [-0.25, -0.2) is 9.48 Å². The SMILES string of the molecule is OCCC[N+]1(c2ccccc2)C=CN=C1CO. The van der Waals surface area contributed by atoms with Crippen LogP contribution < -0.4 is 4.48 Å². The topological polar surface area (TPSA) is 52.8 Å². The average molecular weight is 233 g/mol. The number of quaternary nitrogens is 1. The molecule has 1 aromatic carbocycles. The standard InChI is InChI=1S/C13H17N2O2/c16-10-4-8-15(9-7-14-13(15)11-17)12-5-2-1-3-6-12/h1-3,5-7,9,16-17H,4,8,10-11H2/q+1. The number of aliphatic hydroxyl groups excluding tert-OH is 2. The summed E-state index contributed by atoms with van der Waals surface area (Å²) in [5.41, 5.74) is 1.06. The third-order valence-electron chi connectivity index (χ3n) is 3.03. The van der Waals surface area contributed by atoms with Crippen molar-refractivity contribution in [3.8, 4) is 0 Å². The van der Waals surface area contributed by atoms with Gasteiger partial charge in [0, 0.05) is 13.0 Å². The number of nitrogens with zero attached hydrogens (tertiary/aromatic N) is 2. The minimum Gasteiger partial charge on any atom is -0.396 e. The van der Waals surface area contributed by atoms with Gasteiger partial charge in [-0.05, 0) is 12.1 Å². The summed E-state index contributed by atoms with van der Waals surface area (Å²) in [6.45, 7) is 0.767. The zero-order valence-electron chi connectivity index (χ0n) is 9.66. The van der Waals surface area contributed by atoms with Crippen molar-refractivity contribution in [2.24, 2.45) is 4.99 Å². The van der Waals surface area contributed by atoms with E-state index in [4.69, 9.17) is 5.11 Å². The van der Waals surface area contributed by atoms with Crippen LogP contribution in [0.25, 0.3) is 0 Å². The summed E-state index contributed by atoms with van der Waals surface area (Å²) in [5, 5.41) is 18.4. The van der Waals surface area contributed by atoms with Crippen LogP contribution in [0.2, 0.25) is 0 Å². The molecular weight excluding hydrogens is 216 g/mol. The molecule has 2 rings (SSSR count). The molecule has 0 spiro atoms. The number of hydrogen-bond acceptors (Lipinski definition) is 3. The lowest BCUT2D eigenvalue weighted by Crippen LogP contribution is -2.50. The molecule has 0 bridgehead atoms. The second-order valence-corrected chi connectivity index (χ2v) is 4.01. The van der Waals surface area contributed by atoms with Crippen molar-refractivity contribution in [3.63, 3.8) is 0 Å². The highest BCUT2D eigenvalue weighted by atomic mass is 16.3. The van der Waals surface area contributed by atoms with Gasteiger partial charge in [-0.1, -0.05) is 18.2 Å². The van der Waals surface area contributed by atoms with Crippen molar-refractivity contribution in [2.75, 3.05) is 19.8 Å². The molecule has 1 aliphatic heterocycles. The van der Waals surface area contributed by atoms with Crippen LogP contribution in [0.3, 0.4) is 0 Å². The Morgan fingerprint density at radius 2 is 1.88 bits per heavy atom. The van der Waals surface area contributed by atoms with Crippen LogP contribution in [-0.4, -0.2) is 35.8 Å². The van der Waals surface area contributed by atoms with E-state index in [9.17, 15) is 5.11 Å². The Hall–Kier alpha value is -1.49. The van der Waals surface area contributed by atoms with Gasteiger partial charge in [0.25, 0.3) is 0 Å². The van der Waals surface area contributed by atoms with Crippen LogP contribution >= 0.6 is 0 Å². The highest BCUT2D eigenvalue weighted by Crippen LogP contribution is 2.28. The van der Waals surface area contributed by atoms with E-state index >= 15 is 0 Å². The zero-order valence-corrected chi connectivity index (χ0v) is 9.66. The molecule has 1 heterocycles. The Morgan fingerprint density at radius 1 is 1.12 bits per heavy atom. The maximum absolute atomic E-state index is 9.41. The minimum absolute atomic E-state index is 0.0761. The minimum atomic E-state index is -0.0761. The number of benzene rings is 1. The molecule has 0 amide bonds. The molecule has 4 nitrogen and oxygen atoms in total. The summed E-state index contributed by atoms with van der Waals surface area (Å²) in [6.07, 6.45) is 4.34. The number of hydrogen-bond donors (Lipinski definition) is 2. The predicted octanol–water partition coefficient (Wildman–Crippen LogP) is 1.25. The molecule has 1 aliphatic rings. The molecular formula is C13H17N2O2+. The van der Waals surface area contributed by atoms with Crippen LogP contribution in [-0.2, 0) is 0 Å². The molecule has 1 atom stereocenters. The largest absolute Gasteiger partial charge is 0.396 e. The summed E-state index contributed by atoms with van der Waals surface area (Å²) in [4.78, 5) is 4.21. The lowest BCUT2D eigenvalue weighted by atomic mass is 10.2. The van der Waals surface area contributed by atoms with Gasteiger partial charge in [0.2, 0.25) is 5.84 Å². The van der Waals surface area contributed by atoms with Crippen molar-refractivity contribution in [2.45, 2.75) is 6.42 Å². The first-order valence-corrected chi connectivity index (χ1v) is 5.73. The first-order valence-electron chi connectivity index (χ1n) is 5.73. The molecule has 0 aromatic heterocycles. The summed E-state index contributed by atoms with van der Waals surface area (Å²) in [7, 11) is 0. The molecule has 0 saturated heterocycles. The van der Waals surface area contributed by atoms with Crippen LogP contribution in [0, 0.1) is 0 Å². The second kappa shape index (κ2) is 5.23. The fraction of sp³-hybridized carbons (Fsp3) is 0.308. The smallest absolute Gasteiger partial charge is 0.238 e. The molecule has 0 fully saturated rings. The first-order chi connectivity index (χ1) is 8.33. The van der Waals surface area contributed by atoms with E-state index in [0.717, 1.165) is 5.69 Å². The van der Waals surface area contributed by atoms with Gasteiger partial charge in [-0.3, -0.25) is 0 Å². The highest BCUT2D eigenvalue weighted by Gasteiger charge is 2.36. The molecule has 90 valence electrons. The van der Waals surface area contributed by atoms with Crippen molar-refractivity contribution in [1.29, 1.82) is 0 Å². The van der Waals surface area contributed by atoms with E-state index in [0.29, 0.717) is 23.3 Å². The number of aliphatic imine (C=N–C) groups is 1. The van der Waals surface area contributed by atoms with Gasteiger partial charge in [-0.2, -0.15) is 0 Å². The van der Waals surface area contributed by atoms with Gasteiger partial charge < -0.3 is 10.2 Å². The quantitative estimate of drug-likeness (QED) is 0.752. The Bertz CT molecular complexity index is 428. The number of para-hydroxylation sites is 1. The fourth-order valence-corrected chi connectivity index (χ4v) is 2.17. The molecule has 0 saturated carbocycles. The van der Waals surface area contributed by atoms with E-state index in [1.165, 1.54) is 0 Å². The van der Waals surface area contributed by atoms with Crippen LogP contribution in [0.1, 0.15) is 6.42 Å². The average Bonchev–Trinajstić information content (AvgIpc) is 2.81. The van der Waals surface area contributed by atoms with E-state index in [-0.39, 0.29) is 13.2 Å². The maximum atomic E-state index is 9.41. The monoisotopic (exact) mass is 233 g/mol. The van der Waals surface area contributed by atoms with E-state index in [1.807, 2.05) is 36.5 Å². The highest BCUT2D eigenvalue weighted by molar-refractivity contribution is 5.97. The third-order valence-corrected chi connectivity index (χ3v) is 3.03. The Kier molecular flexibility index (Phi) is 3.68. The second-order valence-electron chi connectivity index (χ2n) is 4.01. The zero-order chi connectivity index (χ0) is 12.1. The summed E-state index contributed by atoms with van der Waals surface area (Å²) < 4.78 is 0.415. The van der Waals surface area contributed by atoms with Gasteiger partial charge in [0.05, 0.1) is 12.7 Å². The van der Waals surface area contributed by atoms with Crippen LogP contribution in [0.5, 0.6) is 0 Å². The molecule has 0 radical (unpaired) electrons. The van der Waals surface area contributed by atoms with Crippen molar-refractivity contribution in [1.82, 2.24) is 4.48 Å². The molecule has 1 unspecified atom stereocenters. The number of rotatable bonds is 5. The Morgan fingerprint density at radius 3 is 2.53 bits per heavy atom. The van der Waals surface area contributed by atoms with Crippen molar-refractivity contribution < 1.29 is 10.2 Å². The number of aliphatic hydroxyl groups is 2. The van der Waals surface area contributed by atoms with Crippen LogP contribution in [0.4, 0.5) is 5.69 Å². The number of amidine groups is 1. The van der Waals surface area contributed by atoms with Crippen molar-refractivity contribution in [3.05, 3.63) is 42.7 Å². The summed E-state index contributed by atoms with van der Waals surface area (Å²) in [6, 6.07) is 9.92. The lowest BCUT2D eigenvalue weighted by Gasteiger charge is -2.31. The predicted molar refractivity (Wildman–Crippen MR) is 68.5 cm³/mol.